The van der Waals surface area contributed by atoms with Gasteiger partial charge < -0.3 is 4.74 Å². The molecule has 1 nitrogen and oxygen atoms in total. The number of benzene rings is 1. The van der Waals surface area contributed by atoms with E-state index < -0.39 is 0 Å². The minimum absolute atomic E-state index is 0.168. The molecule has 0 saturated heterocycles. The molecule has 0 N–H and O–H groups in total. The van der Waals surface area contributed by atoms with E-state index in [-0.39, 0.29) is 5.82 Å². The van der Waals surface area contributed by atoms with Crippen LogP contribution < -0.4 is 4.74 Å². The maximum absolute atomic E-state index is 13.2. The van der Waals surface area contributed by atoms with Crippen LogP contribution in [0.2, 0.25) is 0 Å². The van der Waals surface area contributed by atoms with Gasteiger partial charge in [-0.05, 0) is 35.6 Å². The summed E-state index contributed by atoms with van der Waals surface area (Å²) in [6.07, 6.45) is 0.841. The molecule has 0 saturated carbocycles. The fourth-order valence-corrected chi connectivity index (χ4v) is 2.49. The van der Waals surface area contributed by atoms with E-state index in [9.17, 15) is 4.39 Å². The highest BCUT2D eigenvalue weighted by atomic mass is 32.1. The van der Waals surface area contributed by atoms with E-state index in [2.05, 4.69) is 0 Å². The van der Waals surface area contributed by atoms with Crippen molar-refractivity contribution in [1.82, 2.24) is 0 Å². The van der Waals surface area contributed by atoms with E-state index in [0.29, 0.717) is 0 Å². The zero-order valence-electron chi connectivity index (χ0n) is 8.13. The maximum Gasteiger partial charge on any atom is 0.174 e. The average molecular weight is 210 g/mol. The van der Waals surface area contributed by atoms with Gasteiger partial charge in [-0.25, -0.2) is 4.39 Å². The molecule has 0 aliphatic carbocycles. The van der Waals surface area contributed by atoms with Crippen molar-refractivity contribution in [3.05, 3.63) is 29.6 Å². The molecule has 2 aromatic rings. The lowest BCUT2D eigenvalue weighted by molar-refractivity contribution is 0.427. The van der Waals surface area contributed by atoms with Gasteiger partial charge >= 0.3 is 0 Å². The van der Waals surface area contributed by atoms with Gasteiger partial charge in [0, 0.05) is 4.70 Å². The summed E-state index contributed by atoms with van der Waals surface area (Å²) < 4.78 is 19.3. The first-order chi connectivity index (χ1) is 6.74. The van der Waals surface area contributed by atoms with Gasteiger partial charge in [-0.2, -0.15) is 0 Å². The van der Waals surface area contributed by atoms with E-state index >= 15 is 0 Å². The summed E-state index contributed by atoms with van der Waals surface area (Å²) in [4.78, 5) is 0. The molecule has 0 atom stereocenters. The van der Waals surface area contributed by atoms with Crippen LogP contribution in [0.5, 0.6) is 5.06 Å². The van der Waals surface area contributed by atoms with Crippen molar-refractivity contribution in [3.63, 3.8) is 0 Å². The molecule has 0 spiro atoms. The molecule has 1 heterocycles. The fraction of sp³-hybridized carbons (Fsp3) is 0.273. The summed E-state index contributed by atoms with van der Waals surface area (Å²) in [6, 6.07) is 5.12. The topological polar surface area (TPSA) is 9.23 Å². The van der Waals surface area contributed by atoms with Crippen LogP contribution in [0.1, 0.15) is 12.5 Å². The number of hydrogen-bond donors (Lipinski definition) is 0. The van der Waals surface area contributed by atoms with Crippen LogP contribution in [0.3, 0.4) is 0 Å². The highest BCUT2D eigenvalue weighted by molar-refractivity contribution is 7.20. The lowest BCUT2D eigenvalue weighted by Gasteiger charge is -1.98. The van der Waals surface area contributed by atoms with Gasteiger partial charge in [0.1, 0.15) is 5.82 Å². The number of thiophene rings is 1. The Morgan fingerprint density at radius 1 is 1.36 bits per heavy atom. The minimum atomic E-state index is -0.168. The van der Waals surface area contributed by atoms with Crippen molar-refractivity contribution in [2.24, 2.45) is 0 Å². The molecule has 3 heteroatoms. The molecule has 1 aromatic heterocycles. The Bertz CT molecular complexity index is 462. The summed E-state index contributed by atoms with van der Waals surface area (Å²) in [7, 11) is 1.63. The number of halogens is 1. The molecule has 0 aliphatic rings. The lowest BCUT2D eigenvalue weighted by Crippen LogP contribution is -1.83. The maximum atomic E-state index is 13.2. The average Bonchev–Trinajstić information content (AvgIpc) is 2.59. The Balaban J connectivity index is 2.71. The summed E-state index contributed by atoms with van der Waals surface area (Å²) in [5.41, 5.74) is 1.04. The summed E-state index contributed by atoms with van der Waals surface area (Å²) in [6.45, 7) is 2.03. The van der Waals surface area contributed by atoms with Gasteiger partial charge in [-0.15, -0.1) is 0 Å². The Hall–Kier alpha value is -1.09. The quantitative estimate of drug-likeness (QED) is 0.735. The van der Waals surface area contributed by atoms with Crippen LogP contribution in [0.4, 0.5) is 4.39 Å². The number of hydrogen-bond acceptors (Lipinski definition) is 2. The van der Waals surface area contributed by atoms with E-state index in [1.54, 1.807) is 19.2 Å². The third-order valence-corrected chi connectivity index (χ3v) is 3.29. The van der Waals surface area contributed by atoms with Gasteiger partial charge in [0.2, 0.25) is 0 Å². The largest absolute Gasteiger partial charge is 0.487 e. The first kappa shape index (κ1) is 9.46. The van der Waals surface area contributed by atoms with Gasteiger partial charge in [-0.3, -0.25) is 0 Å². The number of fused-ring (bicyclic) bond motifs is 1. The van der Waals surface area contributed by atoms with Crippen LogP contribution in [0.15, 0.2) is 18.2 Å². The number of aryl methyl sites for hydroxylation is 1. The number of rotatable bonds is 2. The van der Waals surface area contributed by atoms with Gasteiger partial charge in [0.05, 0.1) is 7.11 Å². The van der Waals surface area contributed by atoms with Crippen molar-refractivity contribution in [3.8, 4) is 5.06 Å². The van der Waals surface area contributed by atoms with Gasteiger partial charge in [0.15, 0.2) is 5.06 Å². The molecular weight excluding hydrogens is 199 g/mol. The minimum Gasteiger partial charge on any atom is -0.487 e. The SMILES string of the molecule is CCc1cc(F)cc2sc(OC)cc12. The second-order valence-corrected chi connectivity index (χ2v) is 4.15. The molecular formula is C11H11FOS. The normalized spacial score (nSPS) is 10.8. The molecule has 0 amide bonds. The van der Waals surface area contributed by atoms with E-state index in [1.165, 1.54) is 11.3 Å². The molecule has 0 bridgehead atoms. The molecule has 2 rings (SSSR count). The zero-order chi connectivity index (χ0) is 10.1. The molecule has 0 unspecified atom stereocenters. The lowest BCUT2D eigenvalue weighted by atomic mass is 10.1. The molecule has 14 heavy (non-hydrogen) atoms. The Labute approximate surface area is 86.1 Å². The van der Waals surface area contributed by atoms with Crippen LogP contribution in [0, 0.1) is 5.82 Å². The van der Waals surface area contributed by atoms with Crippen LogP contribution >= 0.6 is 11.3 Å². The van der Waals surface area contributed by atoms with Crippen molar-refractivity contribution < 1.29 is 9.13 Å². The summed E-state index contributed by atoms with van der Waals surface area (Å²) in [5, 5.41) is 1.94. The Morgan fingerprint density at radius 2 is 2.14 bits per heavy atom. The fourth-order valence-electron chi connectivity index (χ4n) is 1.54. The third kappa shape index (κ3) is 1.48. The van der Waals surface area contributed by atoms with Crippen LogP contribution in [0.25, 0.3) is 10.1 Å². The first-order valence-electron chi connectivity index (χ1n) is 4.50. The number of ether oxygens (including phenoxy) is 1. The molecule has 0 aliphatic heterocycles. The summed E-state index contributed by atoms with van der Waals surface area (Å²) in [5.74, 6) is -0.168. The monoisotopic (exact) mass is 210 g/mol. The molecule has 1 aromatic carbocycles. The Morgan fingerprint density at radius 3 is 2.79 bits per heavy atom. The second-order valence-electron chi connectivity index (χ2n) is 3.10. The molecule has 74 valence electrons. The predicted octanol–water partition coefficient (Wildman–Crippen LogP) is 3.61. The van der Waals surface area contributed by atoms with Crippen molar-refractivity contribution in [2.45, 2.75) is 13.3 Å². The molecule has 0 fully saturated rings. The van der Waals surface area contributed by atoms with Crippen LogP contribution in [-0.2, 0) is 6.42 Å². The first-order valence-corrected chi connectivity index (χ1v) is 5.32. The zero-order valence-corrected chi connectivity index (χ0v) is 8.95. The van der Waals surface area contributed by atoms with Gasteiger partial charge in [0.25, 0.3) is 0 Å². The highest BCUT2D eigenvalue weighted by Crippen LogP contribution is 2.34. The summed E-state index contributed by atoms with van der Waals surface area (Å²) >= 11 is 1.48. The van der Waals surface area contributed by atoms with E-state index in [0.717, 1.165) is 27.1 Å². The van der Waals surface area contributed by atoms with Crippen LogP contribution in [-0.4, -0.2) is 7.11 Å². The predicted molar refractivity (Wildman–Crippen MR) is 57.7 cm³/mol. The second kappa shape index (κ2) is 3.58. The van der Waals surface area contributed by atoms with E-state index in [4.69, 9.17) is 4.74 Å². The number of methoxy groups -OCH3 is 1. The molecule has 0 radical (unpaired) electrons. The third-order valence-electron chi connectivity index (χ3n) is 2.25. The highest BCUT2D eigenvalue weighted by Gasteiger charge is 2.07. The Kier molecular flexibility index (Phi) is 2.42. The van der Waals surface area contributed by atoms with Crippen molar-refractivity contribution in [1.29, 1.82) is 0 Å². The van der Waals surface area contributed by atoms with E-state index in [1.807, 2.05) is 13.0 Å². The smallest absolute Gasteiger partial charge is 0.174 e. The van der Waals surface area contributed by atoms with Crippen molar-refractivity contribution in [2.75, 3.05) is 7.11 Å². The van der Waals surface area contributed by atoms with Gasteiger partial charge in [-0.1, -0.05) is 18.3 Å². The standard InChI is InChI=1S/C11H11FOS/c1-3-7-4-8(12)5-10-9(7)6-11(13-2)14-10/h4-6H,3H2,1-2H3. The van der Waals surface area contributed by atoms with Crippen molar-refractivity contribution >= 4 is 21.4 Å².